The molecular formula is C12H15F2N. The summed E-state index contributed by atoms with van der Waals surface area (Å²) < 4.78 is 26.1. The fraction of sp³-hybridized carbons (Fsp3) is 0.333. The van der Waals surface area contributed by atoms with Crippen molar-refractivity contribution in [2.24, 2.45) is 5.73 Å². The smallest absolute Gasteiger partial charge is 0.162 e. The van der Waals surface area contributed by atoms with Gasteiger partial charge in [0, 0.05) is 6.04 Å². The molecule has 0 fully saturated rings. The molecule has 0 saturated heterocycles. The van der Waals surface area contributed by atoms with Gasteiger partial charge >= 0.3 is 0 Å². The van der Waals surface area contributed by atoms with Crippen molar-refractivity contribution in [3.8, 4) is 0 Å². The van der Waals surface area contributed by atoms with E-state index in [1.54, 1.807) is 12.1 Å². The summed E-state index contributed by atoms with van der Waals surface area (Å²) in [4.78, 5) is 0. The monoisotopic (exact) mass is 211 g/mol. The molecule has 0 aliphatic rings. The largest absolute Gasteiger partial charge is 0.327 e. The van der Waals surface area contributed by atoms with Crippen LogP contribution in [0.25, 0.3) is 0 Å². The average Bonchev–Trinajstić information content (AvgIpc) is 2.22. The first-order chi connectivity index (χ1) is 7.15. The topological polar surface area (TPSA) is 26.0 Å². The highest BCUT2D eigenvalue weighted by molar-refractivity contribution is 5.19. The highest BCUT2D eigenvalue weighted by atomic mass is 19.2. The predicted octanol–water partition coefficient (Wildman–Crippen LogP) is 2.80. The molecule has 3 heteroatoms. The Morgan fingerprint density at radius 1 is 1.40 bits per heavy atom. The van der Waals surface area contributed by atoms with Crippen LogP contribution in [0, 0.1) is 11.6 Å². The van der Waals surface area contributed by atoms with Crippen molar-refractivity contribution in [3.05, 3.63) is 48.1 Å². The third-order valence-corrected chi connectivity index (χ3v) is 2.26. The molecule has 1 atom stereocenters. The number of halogens is 2. The molecule has 0 aliphatic heterocycles. The van der Waals surface area contributed by atoms with Crippen molar-refractivity contribution in [3.63, 3.8) is 0 Å². The SMILES string of the molecule is C=CCCC(N)Cc1cccc(F)c1F. The zero-order valence-corrected chi connectivity index (χ0v) is 8.55. The van der Waals surface area contributed by atoms with Gasteiger partial charge in [0.1, 0.15) is 0 Å². The van der Waals surface area contributed by atoms with Crippen molar-refractivity contribution in [1.29, 1.82) is 0 Å². The lowest BCUT2D eigenvalue weighted by Gasteiger charge is -2.11. The van der Waals surface area contributed by atoms with E-state index in [0.717, 1.165) is 18.9 Å². The van der Waals surface area contributed by atoms with Gasteiger partial charge in [-0.15, -0.1) is 6.58 Å². The molecule has 0 saturated carbocycles. The first-order valence-corrected chi connectivity index (χ1v) is 4.94. The van der Waals surface area contributed by atoms with Crippen molar-refractivity contribution in [2.75, 3.05) is 0 Å². The maximum absolute atomic E-state index is 13.2. The van der Waals surface area contributed by atoms with Crippen LogP contribution in [0.5, 0.6) is 0 Å². The molecule has 0 aromatic heterocycles. The van der Waals surface area contributed by atoms with Crippen LogP contribution in [0.2, 0.25) is 0 Å². The molecule has 1 nitrogen and oxygen atoms in total. The van der Waals surface area contributed by atoms with Crippen molar-refractivity contribution < 1.29 is 8.78 Å². The summed E-state index contributed by atoms with van der Waals surface area (Å²) in [6.45, 7) is 3.58. The molecule has 0 aliphatic carbocycles. The van der Waals surface area contributed by atoms with Crippen molar-refractivity contribution in [1.82, 2.24) is 0 Å². The van der Waals surface area contributed by atoms with Gasteiger partial charge in [0.05, 0.1) is 0 Å². The van der Waals surface area contributed by atoms with E-state index in [1.807, 2.05) is 0 Å². The van der Waals surface area contributed by atoms with Gasteiger partial charge in [-0.25, -0.2) is 8.78 Å². The molecule has 1 rings (SSSR count). The predicted molar refractivity (Wildman–Crippen MR) is 57.5 cm³/mol. The number of hydrogen-bond donors (Lipinski definition) is 1. The van der Waals surface area contributed by atoms with Crippen LogP contribution in [0.1, 0.15) is 18.4 Å². The van der Waals surface area contributed by atoms with Gasteiger partial charge in [-0.3, -0.25) is 0 Å². The van der Waals surface area contributed by atoms with Crippen molar-refractivity contribution >= 4 is 0 Å². The highest BCUT2D eigenvalue weighted by Gasteiger charge is 2.10. The lowest BCUT2D eigenvalue weighted by molar-refractivity contribution is 0.490. The zero-order chi connectivity index (χ0) is 11.3. The number of nitrogens with two attached hydrogens (primary N) is 1. The maximum atomic E-state index is 13.2. The number of allylic oxidation sites excluding steroid dienone is 1. The second kappa shape index (κ2) is 5.61. The van der Waals surface area contributed by atoms with E-state index in [-0.39, 0.29) is 6.04 Å². The van der Waals surface area contributed by atoms with E-state index < -0.39 is 11.6 Å². The van der Waals surface area contributed by atoms with E-state index in [2.05, 4.69) is 6.58 Å². The Morgan fingerprint density at radius 2 is 2.13 bits per heavy atom. The number of rotatable bonds is 5. The summed E-state index contributed by atoms with van der Waals surface area (Å²) in [5.41, 5.74) is 6.11. The summed E-state index contributed by atoms with van der Waals surface area (Å²) in [7, 11) is 0. The molecule has 1 aromatic rings. The molecule has 1 unspecified atom stereocenters. The fourth-order valence-electron chi connectivity index (χ4n) is 1.42. The molecule has 0 spiro atoms. The summed E-state index contributed by atoms with van der Waals surface area (Å²) in [5.74, 6) is -1.60. The van der Waals surface area contributed by atoms with Crippen LogP contribution < -0.4 is 5.73 Å². The molecule has 15 heavy (non-hydrogen) atoms. The van der Waals surface area contributed by atoms with E-state index in [1.165, 1.54) is 6.07 Å². The molecule has 82 valence electrons. The van der Waals surface area contributed by atoms with Crippen LogP contribution in [-0.4, -0.2) is 6.04 Å². The Balaban J connectivity index is 2.63. The quantitative estimate of drug-likeness (QED) is 0.744. The average molecular weight is 211 g/mol. The van der Waals surface area contributed by atoms with Gasteiger partial charge in [0.2, 0.25) is 0 Å². The van der Waals surface area contributed by atoms with Crippen LogP contribution in [0.15, 0.2) is 30.9 Å². The minimum atomic E-state index is -0.816. The normalized spacial score (nSPS) is 12.5. The summed E-state index contributed by atoms with van der Waals surface area (Å²) in [6, 6.07) is 4.01. The number of benzene rings is 1. The van der Waals surface area contributed by atoms with Crippen LogP contribution in [-0.2, 0) is 6.42 Å². The lowest BCUT2D eigenvalue weighted by Crippen LogP contribution is -2.23. The molecule has 2 N–H and O–H groups in total. The molecule has 1 aromatic carbocycles. The van der Waals surface area contributed by atoms with Gasteiger partial charge in [-0.1, -0.05) is 18.2 Å². The van der Waals surface area contributed by atoms with E-state index >= 15 is 0 Å². The van der Waals surface area contributed by atoms with Crippen molar-refractivity contribution in [2.45, 2.75) is 25.3 Å². The molecule has 0 bridgehead atoms. The lowest BCUT2D eigenvalue weighted by atomic mass is 10.0. The Hall–Kier alpha value is -1.22. The minimum absolute atomic E-state index is 0.153. The second-order valence-corrected chi connectivity index (χ2v) is 3.54. The van der Waals surface area contributed by atoms with E-state index in [4.69, 9.17) is 5.73 Å². The Morgan fingerprint density at radius 3 is 2.80 bits per heavy atom. The molecule has 0 heterocycles. The fourth-order valence-corrected chi connectivity index (χ4v) is 1.42. The maximum Gasteiger partial charge on any atom is 0.162 e. The first kappa shape index (κ1) is 11.9. The molecule has 0 radical (unpaired) electrons. The van der Waals surface area contributed by atoms with E-state index in [0.29, 0.717) is 12.0 Å². The Labute approximate surface area is 88.6 Å². The first-order valence-electron chi connectivity index (χ1n) is 4.94. The third-order valence-electron chi connectivity index (χ3n) is 2.26. The van der Waals surface area contributed by atoms with Gasteiger partial charge < -0.3 is 5.73 Å². The summed E-state index contributed by atoms with van der Waals surface area (Å²) in [5, 5.41) is 0. The van der Waals surface area contributed by atoms with Gasteiger partial charge in [-0.2, -0.15) is 0 Å². The van der Waals surface area contributed by atoms with Gasteiger partial charge in [0.15, 0.2) is 11.6 Å². The Bertz CT molecular complexity index is 336. The van der Waals surface area contributed by atoms with Crippen LogP contribution in [0.3, 0.4) is 0 Å². The van der Waals surface area contributed by atoms with Gasteiger partial charge in [0.25, 0.3) is 0 Å². The standard InChI is InChI=1S/C12H15F2N/c1-2-3-6-10(15)8-9-5-4-7-11(13)12(9)14/h2,4-5,7,10H,1,3,6,8,15H2. The molecule has 0 amide bonds. The molecular weight excluding hydrogens is 196 g/mol. The second-order valence-electron chi connectivity index (χ2n) is 3.54. The zero-order valence-electron chi connectivity index (χ0n) is 8.55. The third kappa shape index (κ3) is 3.44. The summed E-state index contributed by atoms with van der Waals surface area (Å²) >= 11 is 0. The van der Waals surface area contributed by atoms with Crippen LogP contribution in [0.4, 0.5) is 8.78 Å². The van der Waals surface area contributed by atoms with Gasteiger partial charge in [-0.05, 0) is 30.9 Å². The highest BCUT2D eigenvalue weighted by Crippen LogP contribution is 2.14. The van der Waals surface area contributed by atoms with E-state index in [9.17, 15) is 8.78 Å². The van der Waals surface area contributed by atoms with Crippen LogP contribution >= 0.6 is 0 Å². The number of hydrogen-bond acceptors (Lipinski definition) is 1. The summed E-state index contributed by atoms with van der Waals surface area (Å²) in [6.07, 6.45) is 3.65. The minimum Gasteiger partial charge on any atom is -0.327 e. The Kier molecular flexibility index (Phi) is 4.43.